The first-order valence-corrected chi connectivity index (χ1v) is 6.66. The summed E-state index contributed by atoms with van der Waals surface area (Å²) in [6.07, 6.45) is 2.59. The zero-order valence-electron chi connectivity index (χ0n) is 10.2. The molecule has 0 aliphatic carbocycles. The molecule has 0 aliphatic rings. The summed E-state index contributed by atoms with van der Waals surface area (Å²) in [5.41, 5.74) is 2.35. The molecule has 1 unspecified atom stereocenters. The quantitative estimate of drug-likeness (QED) is 0.717. The van der Waals surface area contributed by atoms with Crippen molar-refractivity contribution < 1.29 is 5.11 Å². The first-order chi connectivity index (χ1) is 9.25. The number of aliphatic hydroxyl groups excluding tert-OH is 1. The number of nitrogens with one attached hydrogen (secondary N) is 1. The van der Waals surface area contributed by atoms with Gasteiger partial charge in [0.1, 0.15) is 16.9 Å². The molecule has 0 fully saturated rings. The molecule has 2 N–H and O–H groups in total. The van der Waals surface area contributed by atoms with Gasteiger partial charge in [-0.05, 0) is 18.6 Å². The molecule has 0 bridgehead atoms. The van der Waals surface area contributed by atoms with Gasteiger partial charge in [-0.15, -0.1) is 0 Å². The Balaban J connectivity index is 2.04. The summed E-state index contributed by atoms with van der Waals surface area (Å²) >= 11 is 1.49. The molecule has 5 nitrogen and oxygen atoms in total. The third kappa shape index (κ3) is 2.32. The fraction of sp³-hybridized carbons (Fsp3) is 0.154. The van der Waals surface area contributed by atoms with Crippen LogP contribution in [0.3, 0.4) is 0 Å². The maximum atomic E-state index is 9.79. The molecule has 3 rings (SSSR count). The highest BCUT2D eigenvalue weighted by Crippen LogP contribution is 2.34. The van der Waals surface area contributed by atoms with Gasteiger partial charge in [-0.2, -0.15) is 0 Å². The zero-order chi connectivity index (χ0) is 13.2. The summed E-state index contributed by atoms with van der Waals surface area (Å²) in [6.45, 7) is 1.76. The van der Waals surface area contributed by atoms with Gasteiger partial charge in [0.15, 0.2) is 5.65 Å². The number of H-pyrrole nitrogens is 1. The number of aliphatic hydroxyl groups is 1. The Hall–Kier alpha value is -1.92. The Morgan fingerprint density at radius 1 is 1.21 bits per heavy atom. The lowest BCUT2D eigenvalue weighted by molar-refractivity contribution is 0.196. The standard InChI is InChI=1S/C13H12N4OS/c1-8(18)9-4-2-3-5-10(9)19-13-11-12(15-6-14-11)16-7-17-13/h2-8,18H,1H3,(H,14,15,16,17). The van der Waals surface area contributed by atoms with E-state index < -0.39 is 6.10 Å². The third-order valence-electron chi connectivity index (χ3n) is 2.76. The Morgan fingerprint density at radius 3 is 2.89 bits per heavy atom. The van der Waals surface area contributed by atoms with Gasteiger partial charge in [-0.25, -0.2) is 15.0 Å². The Bertz CT molecular complexity index is 710. The van der Waals surface area contributed by atoms with Crippen LogP contribution in [0.5, 0.6) is 0 Å². The lowest BCUT2D eigenvalue weighted by atomic mass is 10.1. The molecule has 0 amide bonds. The minimum absolute atomic E-state index is 0.511. The summed E-state index contributed by atoms with van der Waals surface area (Å²) in [7, 11) is 0. The molecule has 1 aromatic carbocycles. The molecule has 3 aromatic rings. The van der Waals surface area contributed by atoms with Gasteiger partial charge in [0.2, 0.25) is 0 Å². The second kappa shape index (κ2) is 4.99. The molecule has 1 atom stereocenters. The molecule has 0 spiro atoms. The lowest BCUT2D eigenvalue weighted by Gasteiger charge is -2.10. The van der Waals surface area contributed by atoms with E-state index in [1.54, 1.807) is 13.3 Å². The van der Waals surface area contributed by atoms with E-state index in [0.29, 0.717) is 5.65 Å². The topological polar surface area (TPSA) is 74.7 Å². The highest BCUT2D eigenvalue weighted by atomic mass is 32.2. The van der Waals surface area contributed by atoms with Crippen LogP contribution in [-0.2, 0) is 0 Å². The molecule has 0 saturated heterocycles. The van der Waals surface area contributed by atoms with Crippen molar-refractivity contribution in [2.45, 2.75) is 22.9 Å². The van der Waals surface area contributed by atoms with E-state index >= 15 is 0 Å². The van der Waals surface area contributed by atoms with Crippen molar-refractivity contribution in [2.75, 3.05) is 0 Å². The minimum atomic E-state index is -0.511. The fourth-order valence-electron chi connectivity index (χ4n) is 1.84. The Labute approximate surface area is 114 Å². The van der Waals surface area contributed by atoms with Crippen LogP contribution in [0, 0.1) is 0 Å². The highest BCUT2D eigenvalue weighted by molar-refractivity contribution is 7.99. The predicted octanol–water partition coefficient (Wildman–Crippen LogP) is 2.56. The van der Waals surface area contributed by atoms with Crippen molar-refractivity contribution in [3.05, 3.63) is 42.5 Å². The number of rotatable bonds is 3. The summed E-state index contributed by atoms with van der Waals surface area (Å²) in [6, 6.07) is 7.74. The summed E-state index contributed by atoms with van der Waals surface area (Å²) in [5.74, 6) is 0. The van der Waals surface area contributed by atoms with Crippen molar-refractivity contribution in [1.29, 1.82) is 0 Å². The molecular weight excluding hydrogens is 260 g/mol. The minimum Gasteiger partial charge on any atom is -0.389 e. The molecule has 2 heterocycles. The number of aromatic nitrogens is 4. The third-order valence-corrected chi connectivity index (χ3v) is 3.86. The number of hydrogen-bond acceptors (Lipinski definition) is 5. The molecule has 96 valence electrons. The second-order valence-electron chi connectivity index (χ2n) is 4.10. The summed E-state index contributed by atoms with van der Waals surface area (Å²) in [5, 5.41) is 10.6. The van der Waals surface area contributed by atoms with Gasteiger partial charge >= 0.3 is 0 Å². The first kappa shape index (κ1) is 12.1. The van der Waals surface area contributed by atoms with E-state index in [0.717, 1.165) is 21.0 Å². The van der Waals surface area contributed by atoms with E-state index in [1.165, 1.54) is 18.1 Å². The normalized spacial score (nSPS) is 12.7. The number of imidazole rings is 1. The summed E-state index contributed by atoms with van der Waals surface area (Å²) in [4.78, 5) is 16.5. The van der Waals surface area contributed by atoms with Crippen molar-refractivity contribution in [1.82, 2.24) is 19.9 Å². The number of aromatic amines is 1. The van der Waals surface area contributed by atoms with Crippen molar-refractivity contribution in [2.24, 2.45) is 0 Å². The molecule has 0 aliphatic heterocycles. The summed E-state index contributed by atoms with van der Waals surface area (Å²) < 4.78 is 0. The lowest BCUT2D eigenvalue weighted by Crippen LogP contribution is -1.94. The fourth-order valence-corrected chi connectivity index (χ4v) is 2.91. The average molecular weight is 272 g/mol. The predicted molar refractivity (Wildman–Crippen MR) is 72.9 cm³/mol. The molecular formula is C13H12N4OS. The Kier molecular flexibility index (Phi) is 3.18. The maximum absolute atomic E-state index is 9.79. The van der Waals surface area contributed by atoms with Gasteiger partial charge < -0.3 is 10.1 Å². The van der Waals surface area contributed by atoms with Crippen LogP contribution < -0.4 is 0 Å². The number of hydrogen-bond donors (Lipinski definition) is 2. The van der Waals surface area contributed by atoms with E-state index in [2.05, 4.69) is 19.9 Å². The van der Waals surface area contributed by atoms with Crippen LogP contribution in [0.25, 0.3) is 11.2 Å². The number of benzene rings is 1. The maximum Gasteiger partial charge on any atom is 0.181 e. The highest BCUT2D eigenvalue weighted by Gasteiger charge is 2.12. The van der Waals surface area contributed by atoms with Crippen molar-refractivity contribution in [3.63, 3.8) is 0 Å². The first-order valence-electron chi connectivity index (χ1n) is 5.84. The second-order valence-corrected chi connectivity index (χ2v) is 5.13. The zero-order valence-corrected chi connectivity index (χ0v) is 11.1. The molecule has 6 heteroatoms. The van der Waals surface area contributed by atoms with Crippen LogP contribution in [0.2, 0.25) is 0 Å². The number of nitrogens with zero attached hydrogens (tertiary/aromatic N) is 3. The molecule has 0 radical (unpaired) electrons. The van der Waals surface area contributed by atoms with Crippen LogP contribution >= 0.6 is 11.8 Å². The molecule has 0 saturated carbocycles. The van der Waals surface area contributed by atoms with Gasteiger partial charge in [-0.1, -0.05) is 30.0 Å². The van der Waals surface area contributed by atoms with E-state index in [9.17, 15) is 5.11 Å². The SMILES string of the molecule is CC(O)c1ccccc1Sc1ncnc2nc[nH]c12. The van der Waals surface area contributed by atoms with E-state index in [4.69, 9.17) is 0 Å². The van der Waals surface area contributed by atoms with Crippen molar-refractivity contribution >= 4 is 22.9 Å². The van der Waals surface area contributed by atoms with Crippen LogP contribution in [-0.4, -0.2) is 25.0 Å². The van der Waals surface area contributed by atoms with Crippen molar-refractivity contribution in [3.8, 4) is 0 Å². The monoisotopic (exact) mass is 272 g/mol. The van der Waals surface area contributed by atoms with Crippen LogP contribution in [0.4, 0.5) is 0 Å². The van der Waals surface area contributed by atoms with Crippen LogP contribution in [0.1, 0.15) is 18.6 Å². The van der Waals surface area contributed by atoms with E-state index in [-0.39, 0.29) is 0 Å². The molecule has 2 aromatic heterocycles. The van der Waals surface area contributed by atoms with Crippen LogP contribution in [0.15, 0.2) is 46.8 Å². The largest absolute Gasteiger partial charge is 0.389 e. The van der Waals surface area contributed by atoms with E-state index in [1.807, 2.05) is 24.3 Å². The van der Waals surface area contributed by atoms with Gasteiger partial charge in [0, 0.05) is 4.90 Å². The van der Waals surface area contributed by atoms with Gasteiger partial charge in [0.25, 0.3) is 0 Å². The number of fused-ring (bicyclic) bond motifs is 1. The smallest absolute Gasteiger partial charge is 0.181 e. The van der Waals surface area contributed by atoms with Gasteiger partial charge in [0.05, 0.1) is 12.4 Å². The average Bonchev–Trinajstić information content (AvgIpc) is 2.88. The Morgan fingerprint density at radius 2 is 2.05 bits per heavy atom. The molecule has 19 heavy (non-hydrogen) atoms. The van der Waals surface area contributed by atoms with Gasteiger partial charge in [-0.3, -0.25) is 0 Å².